The summed E-state index contributed by atoms with van der Waals surface area (Å²) in [7, 11) is 1.60. The molecule has 6 nitrogen and oxygen atoms in total. The van der Waals surface area contributed by atoms with Gasteiger partial charge in [0.2, 0.25) is 0 Å². The molecule has 150 valence electrons. The van der Waals surface area contributed by atoms with Crippen LogP contribution in [0.15, 0.2) is 55.1 Å². The summed E-state index contributed by atoms with van der Waals surface area (Å²) >= 11 is 0. The van der Waals surface area contributed by atoms with Gasteiger partial charge in [0, 0.05) is 6.54 Å². The van der Waals surface area contributed by atoms with Crippen LogP contribution in [-0.4, -0.2) is 41.0 Å². The van der Waals surface area contributed by atoms with Crippen LogP contribution in [0.2, 0.25) is 0 Å². The lowest BCUT2D eigenvalue weighted by Gasteiger charge is -2.23. The highest BCUT2D eigenvalue weighted by molar-refractivity contribution is 5.79. The third-order valence-corrected chi connectivity index (χ3v) is 5.26. The summed E-state index contributed by atoms with van der Waals surface area (Å²) < 4.78 is 11.2. The fourth-order valence-corrected chi connectivity index (χ4v) is 3.83. The Kier molecular flexibility index (Phi) is 5.51. The van der Waals surface area contributed by atoms with Gasteiger partial charge >= 0.3 is 0 Å². The van der Waals surface area contributed by atoms with Crippen LogP contribution in [0.1, 0.15) is 30.3 Å². The Balaban J connectivity index is 1.46. The van der Waals surface area contributed by atoms with Crippen molar-refractivity contribution >= 4 is 16.9 Å². The molecule has 0 unspecified atom stereocenters. The fraction of sp³-hybridized carbons (Fsp3) is 0.304. The number of carbonyl (C=O) groups is 1. The molecule has 1 aliphatic rings. The number of para-hydroxylation sites is 2. The maximum Gasteiger partial charge on any atom is 0.261 e. The van der Waals surface area contributed by atoms with Gasteiger partial charge in [0.15, 0.2) is 18.1 Å². The predicted molar refractivity (Wildman–Crippen MR) is 112 cm³/mol. The third-order valence-electron chi connectivity index (χ3n) is 5.26. The van der Waals surface area contributed by atoms with Gasteiger partial charge in [0.1, 0.15) is 5.82 Å². The van der Waals surface area contributed by atoms with E-state index in [1.54, 1.807) is 7.11 Å². The molecule has 6 heteroatoms. The molecule has 1 saturated heterocycles. The van der Waals surface area contributed by atoms with Crippen LogP contribution in [-0.2, 0) is 11.2 Å². The van der Waals surface area contributed by atoms with Gasteiger partial charge < -0.3 is 19.4 Å². The number of nitrogens with one attached hydrogen (secondary N) is 1. The highest BCUT2D eigenvalue weighted by atomic mass is 16.5. The standard InChI is InChI=1S/C23H25N3O3/c1-3-7-16-11-12-20(21(14-16)28-2)29-15-22(27)26-13-6-10-19(26)23-24-17-8-4-5-9-18(17)25-23/h3-5,8-9,11-12,14,19H,1,6-7,10,13,15H2,2H3,(H,24,25)/t19-/m1/s1. The van der Waals surface area contributed by atoms with Crippen molar-refractivity contribution in [2.45, 2.75) is 25.3 Å². The molecule has 0 saturated carbocycles. The number of ether oxygens (including phenoxy) is 2. The minimum atomic E-state index is -0.0508. The van der Waals surface area contributed by atoms with Crippen molar-refractivity contribution in [3.63, 3.8) is 0 Å². The Morgan fingerprint density at radius 3 is 2.97 bits per heavy atom. The molecule has 2 aromatic carbocycles. The summed E-state index contributed by atoms with van der Waals surface area (Å²) in [6.45, 7) is 4.43. The zero-order valence-electron chi connectivity index (χ0n) is 16.6. The van der Waals surface area contributed by atoms with E-state index in [2.05, 4.69) is 16.5 Å². The molecule has 1 aromatic heterocycles. The summed E-state index contributed by atoms with van der Waals surface area (Å²) in [5.41, 5.74) is 2.99. The van der Waals surface area contributed by atoms with Gasteiger partial charge in [-0.25, -0.2) is 4.98 Å². The number of hydrogen-bond acceptors (Lipinski definition) is 4. The van der Waals surface area contributed by atoms with Gasteiger partial charge in [0.05, 0.1) is 24.2 Å². The summed E-state index contributed by atoms with van der Waals surface area (Å²) in [6, 6.07) is 13.6. The van der Waals surface area contributed by atoms with Crippen LogP contribution in [0, 0.1) is 0 Å². The number of hydrogen-bond donors (Lipinski definition) is 1. The molecule has 1 amide bonds. The first-order valence-electron chi connectivity index (χ1n) is 9.84. The van der Waals surface area contributed by atoms with Gasteiger partial charge in [-0.2, -0.15) is 0 Å². The number of aromatic amines is 1. The molecule has 1 aliphatic heterocycles. The average molecular weight is 391 g/mol. The molecule has 0 bridgehead atoms. The zero-order chi connectivity index (χ0) is 20.2. The van der Waals surface area contributed by atoms with E-state index in [1.165, 1.54) is 0 Å². The van der Waals surface area contributed by atoms with Crippen molar-refractivity contribution in [3.8, 4) is 11.5 Å². The number of imidazole rings is 1. The Hall–Kier alpha value is -3.28. The Morgan fingerprint density at radius 1 is 1.31 bits per heavy atom. The first kappa shape index (κ1) is 19.1. The topological polar surface area (TPSA) is 67.5 Å². The van der Waals surface area contributed by atoms with Crippen molar-refractivity contribution in [2.75, 3.05) is 20.3 Å². The Labute approximate surface area is 170 Å². The number of likely N-dealkylation sites (tertiary alicyclic amines) is 1. The summed E-state index contributed by atoms with van der Waals surface area (Å²) in [6.07, 6.45) is 4.44. The first-order chi connectivity index (χ1) is 14.2. The van der Waals surface area contributed by atoms with E-state index in [-0.39, 0.29) is 18.6 Å². The molecule has 2 heterocycles. The summed E-state index contributed by atoms with van der Waals surface area (Å²) in [5.74, 6) is 1.97. The maximum atomic E-state index is 12.9. The molecular weight excluding hydrogens is 366 g/mol. The van der Waals surface area contributed by atoms with E-state index >= 15 is 0 Å². The molecule has 29 heavy (non-hydrogen) atoms. The number of methoxy groups -OCH3 is 1. The van der Waals surface area contributed by atoms with Crippen LogP contribution < -0.4 is 9.47 Å². The van der Waals surface area contributed by atoms with Gasteiger partial charge in [-0.15, -0.1) is 6.58 Å². The highest BCUT2D eigenvalue weighted by Gasteiger charge is 2.32. The van der Waals surface area contributed by atoms with E-state index in [9.17, 15) is 4.79 Å². The quantitative estimate of drug-likeness (QED) is 0.617. The van der Waals surface area contributed by atoms with E-state index in [4.69, 9.17) is 9.47 Å². The van der Waals surface area contributed by atoms with Crippen LogP contribution in [0.5, 0.6) is 11.5 Å². The van der Waals surface area contributed by atoms with Gasteiger partial charge in [0.25, 0.3) is 5.91 Å². The monoisotopic (exact) mass is 391 g/mol. The number of aromatic nitrogens is 2. The molecule has 1 N–H and O–H groups in total. The van der Waals surface area contributed by atoms with E-state index < -0.39 is 0 Å². The molecule has 4 rings (SSSR count). The molecule has 0 radical (unpaired) electrons. The summed E-state index contributed by atoms with van der Waals surface area (Å²) in [4.78, 5) is 22.8. The lowest BCUT2D eigenvalue weighted by Crippen LogP contribution is -2.34. The molecule has 3 aromatic rings. The third kappa shape index (κ3) is 3.97. The van der Waals surface area contributed by atoms with Gasteiger partial charge in [-0.3, -0.25) is 4.79 Å². The number of nitrogens with zero attached hydrogens (tertiary/aromatic N) is 2. The molecule has 0 spiro atoms. The fourth-order valence-electron chi connectivity index (χ4n) is 3.83. The van der Waals surface area contributed by atoms with Crippen LogP contribution >= 0.6 is 0 Å². The van der Waals surface area contributed by atoms with Crippen molar-refractivity contribution < 1.29 is 14.3 Å². The lowest BCUT2D eigenvalue weighted by atomic mass is 10.1. The second-order valence-corrected chi connectivity index (χ2v) is 7.15. The van der Waals surface area contributed by atoms with Gasteiger partial charge in [-0.05, 0) is 49.1 Å². The van der Waals surface area contributed by atoms with Gasteiger partial charge in [-0.1, -0.05) is 24.3 Å². The van der Waals surface area contributed by atoms with E-state index in [0.717, 1.165) is 41.7 Å². The number of allylic oxidation sites excluding steroid dienone is 1. The number of rotatable bonds is 7. The number of benzene rings is 2. The number of fused-ring (bicyclic) bond motifs is 1. The highest BCUT2D eigenvalue weighted by Crippen LogP contribution is 2.32. The predicted octanol–water partition coefficient (Wildman–Crippen LogP) is 4.04. The SMILES string of the molecule is C=CCc1ccc(OCC(=O)N2CCC[C@@H]2c2nc3ccccc3[nH]2)c(OC)c1. The smallest absolute Gasteiger partial charge is 0.261 e. The Bertz CT molecular complexity index is 994. The minimum Gasteiger partial charge on any atom is -0.493 e. The molecule has 0 aliphatic carbocycles. The number of H-pyrrole nitrogens is 1. The normalized spacial score (nSPS) is 16.2. The van der Waals surface area contributed by atoms with Crippen LogP contribution in [0.25, 0.3) is 11.0 Å². The average Bonchev–Trinajstić information content (AvgIpc) is 3.39. The molecule has 1 fully saturated rings. The van der Waals surface area contributed by atoms with Crippen molar-refractivity contribution in [2.24, 2.45) is 0 Å². The number of amides is 1. The second kappa shape index (κ2) is 8.39. The first-order valence-corrected chi connectivity index (χ1v) is 9.84. The second-order valence-electron chi connectivity index (χ2n) is 7.15. The van der Waals surface area contributed by atoms with Crippen molar-refractivity contribution in [3.05, 3.63) is 66.5 Å². The Morgan fingerprint density at radius 2 is 2.17 bits per heavy atom. The molecular formula is C23H25N3O3. The largest absolute Gasteiger partial charge is 0.493 e. The maximum absolute atomic E-state index is 12.9. The minimum absolute atomic E-state index is 0.0338. The van der Waals surface area contributed by atoms with Crippen molar-refractivity contribution in [1.82, 2.24) is 14.9 Å². The summed E-state index contributed by atoms with van der Waals surface area (Å²) in [5, 5.41) is 0. The number of carbonyl (C=O) groups excluding carboxylic acids is 1. The lowest BCUT2D eigenvalue weighted by molar-refractivity contribution is -0.134. The zero-order valence-corrected chi connectivity index (χ0v) is 16.6. The van der Waals surface area contributed by atoms with E-state index in [1.807, 2.05) is 53.4 Å². The van der Waals surface area contributed by atoms with Crippen LogP contribution in [0.3, 0.4) is 0 Å². The van der Waals surface area contributed by atoms with Crippen molar-refractivity contribution in [1.29, 1.82) is 0 Å². The molecule has 1 atom stereocenters. The van der Waals surface area contributed by atoms with E-state index in [0.29, 0.717) is 18.0 Å². The van der Waals surface area contributed by atoms with Crippen LogP contribution in [0.4, 0.5) is 0 Å².